The molecule has 4 rings (SSSR count). The Balaban J connectivity index is 2.01. The minimum Gasteiger partial charge on any atom is -0.0622 e. The van der Waals surface area contributed by atoms with Gasteiger partial charge in [-0.25, -0.2) is 0 Å². The number of hydrogen-bond acceptors (Lipinski definition) is 0. The Morgan fingerprint density at radius 2 is 0.656 bits per heavy atom. The Labute approximate surface area is 193 Å². The maximum Gasteiger partial charge on any atom is -0.00268 e. The molecule has 0 amide bonds. The highest BCUT2D eigenvalue weighted by molar-refractivity contribution is 6.04. The van der Waals surface area contributed by atoms with Crippen molar-refractivity contribution in [2.75, 3.05) is 0 Å². The third-order valence-corrected chi connectivity index (χ3v) is 6.11. The first-order valence-corrected chi connectivity index (χ1v) is 11.6. The highest BCUT2D eigenvalue weighted by Gasteiger charge is 2.16. The highest BCUT2D eigenvalue weighted by Crippen LogP contribution is 2.37. The number of benzene rings is 4. The van der Waals surface area contributed by atoms with E-state index in [1.807, 2.05) is 0 Å². The predicted molar refractivity (Wildman–Crippen MR) is 139 cm³/mol. The van der Waals surface area contributed by atoms with Crippen LogP contribution in [0.5, 0.6) is 0 Å². The Hall–Kier alpha value is -3.38. The monoisotopic (exact) mass is 416 g/mol. The van der Waals surface area contributed by atoms with Gasteiger partial charge in [0.1, 0.15) is 0 Å². The maximum absolute atomic E-state index is 2.28. The van der Waals surface area contributed by atoms with Gasteiger partial charge in [-0.2, -0.15) is 0 Å². The fraction of sp³-hybridized carbons (Fsp3) is 0.188. The van der Waals surface area contributed by atoms with Crippen molar-refractivity contribution in [1.82, 2.24) is 0 Å². The summed E-state index contributed by atoms with van der Waals surface area (Å²) < 4.78 is 0. The number of hydrogen-bond donors (Lipinski definition) is 0. The molecule has 0 bridgehead atoms. The van der Waals surface area contributed by atoms with E-state index in [4.69, 9.17) is 0 Å². The van der Waals surface area contributed by atoms with Crippen molar-refractivity contribution in [3.05, 3.63) is 143 Å². The molecule has 4 aromatic carbocycles. The van der Waals surface area contributed by atoms with Crippen LogP contribution in [0.25, 0.3) is 11.1 Å². The zero-order chi connectivity index (χ0) is 22.5. The number of rotatable bonds is 6. The van der Waals surface area contributed by atoms with Gasteiger partial charge in [-0.05, 0) is 56.4 Å². The zero-order valence-electron chi connectivity index (χ0n) is 19.5. The van der Waals surface area contributed by atoms with Crippen molar-refractivity contribution < 1.29 is 0 Å². The standard InChI is InChI=1S/C32H32/c1-23(2)25-15-19-29(20-16-25)31(27-11-7-5-8-12-27)32(28-13-9-6-10-14-28)30-21-17-26(18-22-30)24(3)4/h5-24H,1-4H3. The van der Waals surface area contributed by atoms with Crippen LogP contribution in [0.15, 0.2) is 109 Å². The Morgan fingerprint density at radius 1 is 0.375 bits per heavy atom. The summed E-state index contributed by atoms with van der Waals surface area (Å²) in [5.41, 5.74) is 10.2. The Bertz CT molecular complexity index is 1060. The summed E-state index contributed by atoms with van der Waals surface area (Å²) in [4.78, 5) is 0. The van der Waals surface area contributed by atoms with E-state index in [9.17, 15) is 0 Å². The smallest absolute Gasteiger partial charge is 0.00268 e. The van der Waals surface area contributed by atoms with Gasteiger partial charge < -0.3 is 0 Å². The van der Waals surface area contributed by atoms with Crippen LogP contribution in [0.4, 0.5) is 0 Å². The highest BCUT2D eigenvalue weighted by atomic mass is 14.2. The summed E-state index contributed by atoms with van der Waals surface area (Å²) in [7, 11) is 0. The molecule has 0 saturated heterocycles. The second-order valence-corrected chi connectivity index (χ2v) is 9.04. The van der Waals surface area contributed by atoms with Gasteiger partial charge >= 0.3 is 0 Å². The molecule has 0 aliphatic carbocycles. The van der Waals surface area contributed by atoms with E-state index in [0.717, 1.165) is 0 Å². The maximum atomic E-state index is 2.28. The van der Waals surface area contributed by atoms with Crippen molar-refractivity contribution in [3.8, 4) is 0 Å². The molecule has 0 fully saturated rings. The summed E-state index contributed by atoms with van der Waals surface area (Å²) in [5, 5.41) is 0. The first-order valence-electron chi connectivity index (χ1n) is 11.6. The lowest BCUT2D eigenvalue weighted by molar-refractivity contribution is 0.866. The van der Waals surface area contributed by atoms with Gasteiger partial charge in [-0.15, -0.1) is 0 Å². The molecule has 0 heteroatoms. The Kier molecular flexibility index (Phi) is 6.71. The van der Waals surface area contributed by atoms with Gasteiger partial charge in [0.15, 0.2) is 0 Å². The summed E-state index contributed by atoms with van der Waals surface area (Å²) in [6.45, 7) is 8.98. The quantitative estimate of drug-likeness (QED) is 0.275. The fourth-order valence-electron chi connectivity index (χ4n) is 4.19. The topological polar surface area (TPSA) is 0 Å². The first kappa shape index (κ1) is 21.8. The zero-order valence-corrected chi connectivity index (χ0v) is 19.5. The lowest BCUT2D eigenvalue weighted by atomic mass is 9.84. The van der Waals surface area contributed by atoms with Crippen molar-refractivity contribution in [3.63, 3.8) is 0 Å². The summed E-state index contributed by atoms with van der Waals surface area (Å²) in [6.07, 6.45) is 0. The molecule has 4 aromatic rings. The van der Waals surface area contributed by atoms with E-state index in [0.29, 0.717) is 11.8 Å². The van der Waals surface area contributed by atoms with Crippen LogP contribution in [0, 0.1) is 0 Å². The molecule has 0 spiro atoms. The van der Waals surface area contributed by atoms with Gasteiger partial charge in [0.2, 0.25) is 0 Å². The van der Waals surface area contributed by atoms with Gasteiger partial charge in [-0.1, -0.05) is 137 Å². The average molecular weight is 417 g/mol. The van der Waals surface area contributed by atoms with Crippen LogP contribution in [0.3, 0.4) is 0 Å². The molecular weight excluding hydrogens is 384 g/mol. The minimum absolute atomic E-state index is 0.519. The van der Waals surface area contributed by atoms with E-state index in [2.05, 4.69) is 137 Å². The molecule has 0 atom stereocenters. The SMILES string of the molecule is CC(C)c1ccc(C(=C(c2ccccc2)c2ccc(C(C)C)cc2)c2ccccc2)cc1. The van der Waals surface area contributed by atoms with E-state index >= 15 is 0 Å². The molecule has 32 heavy (non-hydrogen) atoms. The van der Waals surface area contributed by atoms with E-state index in [1.54, 1.807) is 0 Å². The molecule has 0 radical (unpaired) electrons. The van der Waals surface area contributed by atoms with Gasteiger partial charge in [-0.3, -0.25) is 0 Å². The lowest BCUT2D eigenvalue weighted by Gasteiger charge is -2.19. The van der Waals surface area contributed by atoms with Crippen LogP contribution in [0.2, 0.25) is 0 Å². The van der Waals surface area contributed by atoms with Crippen LogP contribution in [-0.4, -0.2) is 0 Å². The van der Waals surface area contributed by atoms with Crippen molar-refractivity contribution in [2.24, 2.45) is 0 Å². The summed E-state index contributed by atoms with van der Waals surface area (Å²) in [5.74, 6) is 1.04. The molecule has 160 valence electrons. The van der Waals surface area contributed by atoms with Gasteiger partial charge in [0.25, 0.3) is 0 Å². The third kappa shape index (κ3) is 4.75. The molecule has 0 unspecified atom stereocenters. The fourth-order valence-corrected chi connectivity index (χ4v) is 4.19. The molecule has 0 saturated carbocycles. The minimum atomic E-state index is 0.519. The van der Waals surface area contributed by atoms with E-state index < -0.39 is 0 Å². The van der Waals surface area contributed by atoms with E-state index in [1.165, 1.54) is 44.5 Å². The predicted octanol–water partition coefficient (Wildman–Crippen LogP) is 8.94. The van der Waals surface area contributed by atoms with Crippen LogP contribution >= 0.6 is 0 Å². The van der Waals surface area contributed by atoms with Crippen molar-refractivity contribution in [2.45, 2.75) is 39.5 Å². The largest absolute Gasteiger partial charge is 0.0622 e. The van der Waals surface area contributed by atoms with Gasteiger partial charge in [0, 0.05) is 0 Å². The molecule has 0 N–H and O–H groups in total. The molecule has 0 aromatic heterocycles. The molecular formula is C32H32. The molecule has 0 aliphatic heterocycles. The first-order chi connectivity index (χ1) is 15.5. The average Bonchev–Trinajstić information content (AvgIpc) is 2.84. The normalized spacial score (nSPS) is 12.2. The lowest BCUT2D eigenvalue weighted by Crippen LogP contribution is -1.99. The molecule has 0 nitrogen and oxygen atoms in total. The summed E-state index contributed by atoms with van der Waals surface area (Å²) >= 11 is 0. The van der Waals surface area contributed by atoms with Crippen LogP contribution in [0.1, 0.15) is 72.9 Å². The third-order valence-electron chi connectivity index (χ3n) is 6.11. The van der Waals surface area contributed by atoms with Gasteiger partial charge in [0.05, 0.1) is 0 Å². The van der Waals surface area contributed by atoms with Crippen LogP contribution in [-0.2, 0) is 0 Å². The molecule has 0 aliphatic rings. The van der Waals surface area contributed by atoms with Crippen LogP contribution < -0.4 is 0 Å². The second kappa shape index (κ2) is 9.83. The summed E-state index contributed by atoms with van der Waals surface area (Å²) in [6, 6.07) is 39.8. The Morgan fingerprint density at radius 3 is 0.938 bits per heavy atom. The van der Waals surface area contributed by atoms with Crippen molar-refractivity contribution in [1.29, 1.82) is 0 Å². The van der Waals surface area contributed by atoms with E-state index in [-0.39, 0.29) is 0 Å². The second-order valence-electron chi connectivity index (χ2n) is 9.04. The molecule has 0 heterocycles. The van der Waals surface area contributed by atoms with Crippen molar-refractivity contribution >= 4 is 11.1 Å².